The van der Waals surface area contributed by atoms with E-state index in [4.69, 9.17) is 0 Å². The molecule has 1 aliphatic rings. The van der Waals surface area contributed by atoms with Crippen LogP contribution in [0, 0.1) is 11.7 Å². The van der Waals surface area contributed by atoms with E-state index in [2.05, 4.69) is 10.3 Å². The molecular formula is C20H22F3N3O4S. The van der Waals surface area contributed by atoms with Crippen LogP contribution in [0.3, 0.4) is 0 Å². The highest BCUT2D eigenvalue weighted by Gasteiger charge is 2.53. The van der Waals surface area contributed by atoms with Crippen LogP contribution in [0.1, 0.15) is 31.6 Å². The number of carbonyl (C=O) groups is 1. The molecule has 2 heterocycles. The highest BCUT2D eigenvalue weighted by molar-refractivity contribution is 7.92. The SMILES string of the molecule is C[C@@H](O)c1cc(NC(=O)N2CCC(C(F)(F)S(=O)(=O)c3cccc(F)c3)CC2)ccn1. The number of hydrogen-bond donors (Lipinski definition) is 2. The van der Waals surface area contributed by atoms with E-state index in [-0.39, 0.29) is 25.9 Å². The number of aromatic nitrogens is 1. The summed E-state index contributed by atoms with van der Waals surface area (Å²) < 4.78 is 67.8. The van der Waals surface area contributed by atoms with Crippen molar-refractivity contribution in [2.24, 2.45) is 5.92 Å². The number of anilines is 1. The molecule has 2 amide bonds. The maximum atomic E-state index is 14.8. The smallest absolute Gasteiger partial charge is 0.352 e. The second kappa shape index (κ2) is 8.83. The van der Waals surface area contributed by atoms with Crippen molar-refractivity contribution in [1.82, 2.24) is 9.88 Å². The highest BCUT2D eigenvalue weighted by Crippen LogP contribution is 2.41. The number of pyridine rings is 1. The molecule has 0 saturated carbocycles. The van der Waals surface area contributed by atoms with Gasteiger partial charge in [0, 0.05) is 30.9 Å². The minimum absolute atomic E-state index is 0.0703. The fourth-order valence-electron chi connectivity index (χ4n) is 3.39. The number of sulfone groups is 1. The lowest BCUT2D eigenvalue weighted by atomic mass is 9.97. The number of carbonyl (C=O) groups excluding carboxylic acids is 1. The third-order valence-electron chi connectivity index (χ3n) is 5.18. The number of halogens is 3. The molecule has 168 valence electrons. The molecule has 11 heteroatoms. The van der Waals surface area contributed by atoms with Gasteiger partial charge in [-0.1, -0.05) is 6.07 Å². The number of rotatable bonds is 5. The first-order valence-corrected chi connectivity index (χ1v) is 11.1. The van der Waals surface area contributed by atoms with Crippen LogP contribution in [0.4, 0.5) is 23.7 Å². The fourth-order valence-corrected chi connectivity index (χ4v) is 4.90. The zero-order chi connectivity index (χ0) is 22.8. The van der Waals surface area contributed by atoms with E-state index in [1.54, 1.807) is 0 Å². The summed E-state index contributed by atoms with van der Waals surface area (Å²) in [5, 5.41) is 8.09. The molecule has 3 rings (SSSR count). The van der Waals surface area contributed by atoms with E-state index >= 15 is 0 Å². The van der Waals surface area contributed by atoms with Gasteiger partial charge in [-0.2, -0.15) is 8.78 Å². The number of likely N-dealkylation sites (tertiary alicyclic amines) is 1. The molecule has 0 unspecified atom stereocenters. The Morgan fingerprint density at radius 2 is 1.94 bits per heavy atom. The molecule has 1 aromatic heterocycles. The molecule has 2 aromatic rings. The van der Waals surface area contributed by atoms with E-state index in [1.165, 1.54) is 30.2 Å². The molecule has 0 radical (unpaired) electrons. The maximum absolute atomic E-state index is 14.8. The van der Waals surface area contributed by atoms with Gasteiger partial charge in [-0.25, -0.2) is 17.6 Å². The van der Waals surface area contributed by atoms with E-state index in [0.29, 0.717) is 17.4 Å². The topological polar surface area (TPSA) is 99.6 Å². The van der Waals surface area contributed by atoms with Crippen LogP contribution in [0.2, 0.25) is 0 Å². The molecular weight excluding hydrogens is 435 g/mol. The van der Waals surface area contributed by atoms with E-state index in [9.17, 15) is 31.5 Å². The molecule has 1 aliphatic heterocycles. The first kappa shape index (κ1) is 23.0. The lowest BCUT2D eigenvalue weighted by Crippen LogP contribution is -2.47. The standard InChI is InChI=1S/C20H22F3N3O4S/c1-13(27)18-12-16(5-8-24-18)25-19(28)26-9-6-14(7-10-26)20(22,23)31(29,30)17-4-2-3-15(21)11-17/h2-5,8,11-14,27H,6-7,9-10H2,1H3,(H,24,25,28)/t13-/m1/s1. The van der Waals surface area contributed by atoms with Crippen LogP contribution in [-0.4, -0.2) is 47.8 Å². The van der Waals surface area contributed by atoms with Crippen LogP contribution in [0.5, 0.6) is 0 Å². The van der Waals surface area contributed by atoms with Gasteiger partial charge in [0.15, 0.2) is 0 Å². The first-order valence-electron chi connectivity index (χ1n) is 9.60. The van der Waals surface area contributed by atoms with Gasteiger partial charge < -0.3 is 15.3 Å². The number of aliphatic hydroxyl groups is 1. The minimum Gasteiger partial charge on any atom is -0.387 e. The molecule has 0 bridgehead atoms. The molecule has 1 fully saturated rings. The number of nitrogens with one attached hydrogen (secondary N) is 1. The Hall–Kier alpha value is -2.66. The lowest BCUT2D eigenvalue weighted by Gasteiger charge is -2.35. The second-order valence-corrected chi connectivity index (χ2v) is 9.38. The van der Waals surface area contributed by atoms with Gasteiger partial charge in [0.2, 0.25) is 9.84 Å². The lowest BCUT2D eigenvalue weighted by molar-refractivity contribution is 0.000415. The number of nitrogens with zero attached hydrogens (tertiary/aromatic N) is 2. The third-order valence-corrected chi connectivity index (χ3v) is 7.11. The van der Waals surface area contributed by atoms with Crippen molar-refractivity contribution in [3.8, 4) is 0 Å². The zero-order valence-electron chi connectivity index (χ0n) is 16.6. The van der Waals surface area contributed by atoms with Crippen molar-refractivity contribution in [2.75, 3.05) is 18.4 Å². The Morgan fingerprint density at radius 1 is 1.26 bits per heavy atom. The van der Waals surface area contributed by atoms with Gasteiger partial charge in [0.1, 0.15) is 5.82 Å². The molecule has 0 spiro atoms. The normalized spacial score (nSPS) is 16.7. The first-order chi connectivity index (χ1) is 14.5. The number of alkyl halides is 2. The highest BCUT2D eigenvalue weighted by atomic mass is 32.2. The summed E-state index contributed by atoms with van der Waals surface area (Å²) >= 11 is 0. The Labute approximate surface area is 177 Å². The fraction of sp³-hybridized carbons (Fsp3) is 0.400. The minimum atomic E-state index is -5.08. The van der Waals surface area contributed by atoms with Crippen LogP contribution in [-0.2, 0) is 9.84 Å². The Balaban J connectivity index is 1.65. The number of urea groups is 1. The molecule has 2 N–H and O–H groups in total. The molecule has 7 nitrogen and oxygen atoms in total. The van der Waals surface area contributed by atoms with Crippen molar-refractivity contribution < 1.29 is 31.5 Å². The van der Waals surface area contributed by atoms with Crippen LogP contribution >= 0.6 is 0 Å². The predicted octanol–water partition coefficient (Wildman–Crippen LogP) is 3.58. The summed E-state index contributed by atoms with van der Waals surface area (Å²) in [7, 11) is -5.08. The zero-order valence-corrected chi connectivity index (χ0v) is 17.4. The van der Waals surface area contributed by atoms with E-state index in [0.717, 1.165) is 18.2 Å². The Bertz CT molecular complexity index is 1060. The number of hydrogen-bond acceptors (Lipinski definition) is 5. The van der Waals surface area contributed by atoms with Crippen molar-refractivity contribution in [2.45, 2.75) is 36.0 Å². The van der Waals surface area contributed by atoms with Gasteiger partial charge in [-0.05, 0) is 50.1 Å². The number of piperidine rings is 1. The summed E-state index contributed by atoms with van der Waals surface area (Å²) in [5.41, 5.74) is 0.746. The monoisotopic (exact) mass is 457 g/mol. The average Bonchev–Trinajstić information content (AvgIpc) is 2.74. The molecule has 1 aromatic carbocycles. The number of aliphatic hydroxyl groups excluding tert-OH is 1. The molecule has 1 atom stereocenters. The number of benzene rings is 1. The number of amides is 2. The average molecular weight is 457 g/mol. The van der Waals surface area contributed by atoms with Crippen molar-refractivity contribution in [3.05, 3.63) is 54.1 Å². The van der Waals surface area contributed by atoms with Crippen LogP contribution in [0.25, 0.3) is 0 Å². The van der Waals surface area contributed by atoms with Gasteiger partial charge in [-0.15, -0.1) is 0 Å². The largest absolute Gasteiger partial charge is 0.387 e. The molecule has 1 saturated heterocycles. The Kier molecular flexibility index (Phi) is 6.56. The third kappa shape index (κ3) is 4.82. The Morgan fingerprint density at radius 3 is 2.55 bits per heavy atom. The summed E-state index contributed by atoms with van der Waals surface area (Å²) in [5.74, 6) is -2.43. The predicted molar refractivity (Wildman–Crippen MR) is 107 cm³/mol. The summed E-state index contributed by atoms with van der Waals surface area (Å²) in [4.78, 5) is 17.0. The quantitative estimate of drug-likeness (QED) is 0.715. The van der Waals surface area contributed by atoms with Crippen molar-refractivity contribution in [3.63, 3.8) is 0 Å². The van der Waals surface area contributed by atoms with Crippen molar-refractivity contribution >= 4 is 21.6 Å². The summed E-state index contributed by atoms with van der Waals surface area (Å²) in [6, 6.07) is 6.03. The van der Waals surface area contributed by atoms with Gasteiger partial charge in [0.25, 0.3) is 0 Å². The second-order valence-electron chi connectivity index (χ2n) is 7.36. The summed E-state index contributed by atoms with van der Waals surface area (Å²) in [6.45, 7) is 1.38. The molecule has 31 heavy (non-hydrogen) atoms. The van der Waals surface area contributed by atoms with Crippen LogP contribution in [0.15, 0.2) is 47.5 Å². The molecule has 0 aliphatic carbocycles. The van der Waals surface area contributed by atoms with E-state index in [1.807, 2.05) is 0 Å². The summed E-state index contributed by atoms with van der Waals surface area (Å²) in [6.07, 6.45) is 0.130. The van der Waals surface area contributed by atoms with Gasteiger partial charge in [-0.3, -0.25) is 4.98 Å². The maximum Gasteiger partial charge on any atom is 0.352 e. The van der Waals surface area contributed by atoms with E-state index < -0.39 is 43.9 Å². The van der Waals surface area contributed by atoms with Crippen molar-refractivity contribution in [1.29, 1.82) is 0 Å². The van der Waals surface area contributed by atoms with Gasteiger partial charge >= 0.3 is 11.3 Å². The van der Waals surface area contributed by atoms with Gasteiger partial charge in [0.05, 0.1) is 16.7 Å². The van der Waals surface area contributed by atoms with Crippen LogP contribution < -0.4 is 5.32 Å².